The van der Waals surface area contributed by atoms with E-state index in [9.17, 15) is 19.5 Å². The van der Waals surface area contributed by atoms with Crippen LogP contribution in [-0.4, -0.2) is 47.2 Å². The second kappa shape index (κ2) is 8.16. The normalized spacial score (nSPS) is 15.3. The Bertz CT molecular complexity index is 1210. The molecule has 1 fully saturated rings. The number of nitrogens with zero attached hydrogens (tertiary/aromatic N) is 1. The molecule has 2 N–H and O–H groups in total. The molecule has 30 heavy (non-hydrogen) atoms. The van der Waals surface area contributed by atoms with Gasteiger partial charge in [0.05, 0.1) is 19.1 Å². The molecule has 1 aliphatic heterocycles. The second-order valence-electron chi connectivity index (χ2n) is 7.33. The topological polar surface area (TPSA) is 113 Å². The third kappa shape index (κ3) is 3.86. The molecule has 1 aromatic carbocycles. The quantitative estimate of drug-likeness (QED) is 0.679. The number of rotatable bonds is 4. The summed E-state index contributed by atoms with van der Waals surface area (Å²) in [6, 6.07) is 10.1. The molecule has 0 aliphatic carbocycles. The van der Waals surface area contributed by atoms with Gasteiger partial charge in [0.1, 0.15) is 5.76 Å². The van der Waals surface area contributed by atoms with Crippen LogP contribution in [-0.2, 0) is 9.53 Å². The van der Waals surface area contributed by atoms with E-state index in [1.54, 1.807) is 24.0 Å². The summed E-state index contributed by atoms with van der Waals surface area (Å²) >= 11 is 0. The van der Waals surface area contributed by atoms with Crippen molar-refractivity contribution >= 4 is 16.8 Å². The van der Waals surface area contributed by atoms with Gasteiger partial charge < -0.3 is 24.1 Å². The van der Waals surface area contributed by atoms with Crippen molar-refractivity contribution in [1.29, 1.82) is 0 Å². The van der Waals surface area contributed by atoms with Crippen LogP contribution < -0.4 is 11.0 Å². The number of aryl methyl sites for hydroxylation is 1. The Hall–Kier alpha value is -3.39. The Balaban J connectivity index is 1.84. The Morgan fingerprint density at radius 3 is 2.70 bits per heavy atom. The maximum Gasteiger partial charge on any atom is 0.252 e. The van der Waals surface area contributed by atoms with Gasteiger partial charge in [0, 0.05) is 36.7 Å². The number of pyridine rings is 1. The van der Waals surface area contributed by atoms with Crippen molar-refractivity contribution < 1.29 is 19.1 Å². The standard InChI is InChI=1S/C22H22N2O6/c1-13-10-18(25)20(27)21(30-13)15(12-19(26)24-6-8-29-9-7-24)16-11-14-4-2-3-5-17(14)23-22(16)28/h2-5,10-11,15,27H,6-9,12H2,1H3,(H,23,28)/t15-/m0/s1. The minimum atomic E-state index is -0.915. The Kier molecular flexibility index (Phi) is 5.41. The number of nitrogens with one attached hydrogen (secondary N) is 1. The van der Waals surface area contributed by atoms with Gasteiger partial charge in [-0.25, -0.2) is 0 Å². The third-order valence-corrected chi connectivity index (χ3v) is 5.29. The highest BCUT2D eigenvalue weighted by Gasteiger charge is 2.30. The minimum absolute atomic E-state index is 0.0811. The van der Waals surface area contributed by atoms with Gasteiger partial charge in [0.2, 0.25) is 17.1 Å². The fourth-order valence-corrected chi connectivity index (χ4v) is 3.75. The molecule has 8 heteroatoms. The van der Waals surface area contributed by atoms with Gasteiger partial charge in [0.15, 0.2) is 5.76 Å². The van der Waals surface area contributed by atoms with Crippen molar-refractivity contribution in [2.45, 2.75) is 19.3 Å². The second-order valence-corrected chi connectivity index (χ2v) is 7.33. The van der Waals surface area contributed by atoms with Gasteiger partial charge in [0.25, 0.3) is 5.56 Å². The highest BCUT2D eigenvalue weighted by Crippen LogP contribution is 2.33. The average Bonchev–Trinajstić information content (AvgIpc) is 2.75. The minimum Gasteiger partial charge on any atom is -0.502 e. The molecular formula is C22H22N2O6. The average molecular weight is 410 g/mol. The van der Waals surface area contributed by atoms with Gasteiger partial charge in [-0.2, -0.15) is 0 Å². The van der Waals surface area contributed by atoms with Crippen molar-refractivity contribution in [3.8, 4) is 5.75 Å². The van der Waals surface area contributed by atoms with E-state index in [-0.39, 0.29) is 29.4 Å². The number of carbonyl (C=O) groups is 1. The number of morpholine rings is 1. The van der Waals surface area contributed by atoms with E-state index in [1.165, 1.54) is 6.07 Å². The number of para-hydroxylation sites is 1. The number of aromatic nitrogens is 1. The number of aromatic hydroxyl groups is 1. The molecule has 0 radical (unpaired) electrons. The summed E-state index contributed by atoms with van der Waals surface area (Å²) in [4.78, 5) is 42.5. The van der Waals surface area contributed by atoms with E-state index < -0.39 is 22.7 Å². The molecule has 0 unspecified atom stereocenters. The van der Waals surface area contributed by atoms with Gasteiger partial charge in [-0.05, 0) is 24.4 Å². The van der Waals surface area contributed by atoms with Crippen LogP contribution in [0.15, 0.2) is 50.4 Å². The number of aromatic amines is 1. The van der Waals surface area contributed by atoms with E-state index in [2.05, 4.69) is 4.98 Å². The molecule has 0 saturated carbocycles. The molecule has 4 rings (SSSR count). The lowest BCUT2D eigenvalue weighted by molar-refractivity contribution is -0.135. The lowest BCUT2D eigenvalue weighted by Crippen LogP contribution is -2.41. The zero-order valence-corrected chi connectivity index (χ0v) is 16.5. The number of hydrogen-bond donors (Lipinski definition) is 2. The first-order valence-electron chi connectivity index (χ1n) is 9.75. The predicted molar refractivity (Wildman–Crippen MR) is 110 cm³/mol. The van der Waals surface area contributed by atoms with Crippen molar-refractivity contribution in [1.82, 2.24) is 9.88 Å². The van der Waals surface area contributed by atoms with Gasteiger partial charge >= 0.3 is 0 Å². The van der Waals surface area contributed by atoms with Crippen molar-refractivity contribution in [3.63, 3.8) is 0 Å². The van der Waals surface area contributed by atoms with Crippen LogP contribution in [0.5, 0.6) is 5.75 Å². The molecule has 1 atom stereocenters. The molecule has 3 aromatic rings. The van der Waals surface area contributed by atoms with Crippen molar-refractivity contribution in [2.75, 3.05) is 26.3 Å². The van der Waals surface area contributed by atoms with E-state index in [0.29, 0.717) is 31.8 Å². The third-order valence-electron chi connectivity index (χ3n) is 5.29. The van der Waals surface area contributed by atoms with E-state index in [0.717, 1.165) is 5.39 Å². The monoisotopic (exact) mass is 410 g/mol. The molecule has 156 valence electrons. The number of carbonyl (C=O) groups excluding carboxylic acids is 1. The molecule has 1 aliphatic rings. The zero-order chi connectivity index (χ0) is 21.3. The van der Waals surface area contributed by atoms with Crippen LogP contribution in [0, 0.1) is 6.92 Å². The first kappa shape index (κ1) is 19.9. The Morgan fingerprint density at radius 1 is 1.20 bits per heavy atom. The first-order valence-corrected chi connectivity index (χ1v) is 9.75. The maximum absolute atomic E-state index is 13.0. The number of hydrogen-bond acceptors (Lipinski definition) is 6. The highest BCUT2D eigenvalue weighted by atomic mass is 16.5. The van der Waals surface area contributed by atoms with Gasteiger partial charge in [-0.3, -0.25) is 14.4 Å². The van der Waals surface area contributed by atoms with Crippen LogP contribution in [0.3, 0.4) is 0 Å². The van der Waals surface area contributed by atoms with E-state index >= 15 is 0 Å². The molecule has 8 nitrogen and oxygen atoms in total. The van der Waals surface area contributed by atoms with E-state index in [4.69, 9.17) is 9.15 Å². The highest BCUT2D eigenvalue weighted by molar-refractivity contribution is 5.80. The molecule has 1 amide bonds. The molecule has 3 heterocycles. The lowest BCUT2D eigenvalue weighted by Gasteiger charge is -2.28. The molecule has 1 saturated heterocycles. The van der Waals surface area contributed by atoms with E-state index in [1.807, 2.05) is 18.2 Å². The van der Waals surface area contributed by atoms with Crippen LogP contribution in [0.4, 0.5) is 0 Å². The molecule has 0 bridgehead atoms. The number of amides is 1. The van der Waals surface area contributed by atoms with Gasteiger partial charge in [-0.1, -0.05) is 18.2 Å². The number of benzene rings is 1. The SMILES string of the molecule is Cc1cc(=O)c(O)c([C@@H](CC(=O)N2CCOCC2)c2cc3ccccc3[nH]c2=O)o1. The smallest absolute Gasteiger partial charge is 0.252 e. The van der Waals surface area contributed by atoms with Crippen LogP contribution in [0.1, 0.15) is 29.4 Å². The van der Waals surface area contributed by atoms with Gasteiger partial charge in [-0.15, -0.1) is 0 Å². The van der Waals surface area contributed by atoms with Crippen LogP contribution >= 0.6 is 0 Å². The summed E-state index contributed by atoms with van der Waals surface area (Å²) in [7, 11) is 0. The summed E-state index contributed by atoms with van der Waals surface area (Å²) in [6.45, 7) is 3.36. The number of ether oxygens (including phenoxy) is 1. The largest absolute Gasteiger partial charge is 0.502 e. The Morgan fingerprint density at radius 2 is 1.93 bits per heavy atom. The van der Waals surface area contributed by atoms with Crippen molar-refractivity contribution in [3.05, 3.63) is 74.1 Å². The molecule has 2 aromatic heterocycles. The fourth-order valence-electron chi connectivity index (χ4n) is 3.75. The summed E-state index contributed by atoms with van der Waals surface area (Å²) in [5.74, 6) is -1.51. The lowest BCUT2D eigenvalue weighted by atomic mass is 9.91. The maximum atomic E-state index is 13.0. The predicted octanol–water partition coefficient (Wildman–Crippen LogP) is 1.88. The van der Waals surface area contributed by atoms with Crippen molar-refractivity contribution in [2.24, 2.45) is 0 Å². The van der Waals surface area contributed by atoms with Crippen LogP contribution in [0.25, 0.3) is 10.9 Å². The first-order chi connectivity index (χ1) is 14.4. The fraction of sp³-hybridized carbons (Fsp3) is 0.318. The zero-order valence-electron chi connectivity index (χ0n) is 16.5. The Labute approximate surface area is 171 Å². The number of H-pyrrole nitrogens is 1. The summed E-state index contributed by atoms with van der Waals surface area (Å²) in [5, 5.41) is 11.2. The van der Waals surface area contributed by atoms with Crippen LogP contribution in [0.2, 0.25) is 0 Å². The summed E-state index contributed by atoms with van der Waals surface area (Å²) in [5.41, 5.74) is -0.120. The summed E-state index contributed by atoms with van der Waals surface area (Å²) in [6.07, 6.45) is -0.124. The molecular weight excluding hydrogens is 388 g/mol. The summed E-state index contributed by atoms with van der Waals surface area (Å²) < 4.78 is 11.0. The molecule has 0 spiro atoms. The number of fused-ring (bicyclic) bond motifs is 1.